The topological polar surface area (TPSA) is 72.7 Å². The molecule has 1 aliphatic rings. The molecule has 0 aliphatic heterocycles. The van der Waals surface area contributed by atoms with Crippen LogP contribution in [0.5, 0.6) is 0 Å². The molecular formula is C17H13Cl2N5O. The van der Waals surface area contributed by atoms with Gasteiger partial charge in [0.25, 0.3) is 5.91 Å². The number of benzene rings is 2. The zero-order valence-electron chi connectivity index (χ0n) is 13.0. The van der Waals surface area contributed by atoms with E-state index in [0.29, 0.717) is 27.3 Å². The van der Waals surface area contributed by atoms with Crippen molar-refractivity contribution in [2.24, 2.45) is 0 Å². The normalized spacial score (nSPS) is 13.7. The molecule has 1 N–H and O–H groups in total. The summed E-state index contributed by atoms with van der Waals surface area (Å²) in [4.78, 5) is 12.3. The minimum atomic E-state index is -0.294. The number of nitrogens with zero attached hydrogens (tertiary/aromatic N) is 4. The zero-order chi connectivity index (χ0) is 17.4. The van der Waals surface area contributed by atoms with E-state index in [9.17, 15) is 4.79 Å². The molecule has 8 heteroatoms. The molecule has 6 nitrogen and oxygen atoms in total. The highest BCUT2D eigenvalue weighted by Gasteiger charge is 2.28. The number of nitrogens with one attached hydrogen (secondary N) is 1. The smallest absolute Gasteiger partial charge is 0.257 e. The molecule has 1 fully saturated rings. The Morgan fingerprint density at radius 3 is 2.56 bits per heavy atom. The minimum Gasteiger partial charge on any atom is -0.322 e. The predicted molar refractivity (Wildman–Crippen MR) is 95.9 cm³/mol. The van der Waals surface area contributed by atoms with Crippen LogP contribution < -0.4 is 5.32 Å². The molecule has 2 aromatic carbocycles. The van der Waals surface area contributed by atoms with Crippen molar-refractivity contribution in [2.75, 3.05) is 5.32 Å². The molecule has 1 aliphatic carbocycles. The van der Waals surface area contributed by atoms with Crippen molar-refractivity contribution in [3.8, 4) is 11.4 Å². The Hall–Kier alpha value is -2.44. The molecule has 1 amide bonds. The van der Waals surface area contributed by atoms with E-state index in [4.69, 9.17) is 23.2 Å². The van der Waals surface area contributed by atoms with Gasteiger partial charge in [-0.15, -0.1) is 5.10 Å². The largest absolute Gasteiger partial charge is 0.322 e. The van der Waals surface area contributed by atoms with Crippen LogP contribution in [0.2, 0.25) is 10.0 Å². The monoisotopic (exact) mass is 373 g/mol. The Morgan fingerprint density at radius 1 is 1.12 bits per heavy atom. The van der Waals surface area contributed by atoms with Crippen molar-refractivity contribution in [2.45, 2.75) is 18.9 Å². The van der Waals surface area contributed by atoms with Crippen LogP contribution in [0.3, 0.4) is 0 Å². The van der Waals surface area contributed by atoms with E-state index in [0.717, 1.165) is 24.2 Å². The summed E-state index contributed by atoms with van der Waals surface area (Å²) in [6.45, 7) is 0. The van der Waals surface area contributed by atoms with Gasteiger partial charge in [0.2, 0.25) is 0 Å². The maximum Gasteiger partial charge on any atom is 0.257 e. The van der Waals surface area contributed by atoms with Gasteiger partial charge in [0.05, 0.1) is 16.6 Å². The van der Waals surface area contributed by atoms with Gasteiger partial charge in [0, 0.05) is 16.3 Å². The molecule has 25 heavy (non-hydrogen) atoms. The molecule has 1 aromatic heterocycles. The van der Waals surface area contributed by atoms with E-state index < -0.39 is 0 Å². The quantitative estimate of drug-likeness (QED) is 0.742. The van der Waals surface area contributed by atoms with Gasteiger partial charge in [-0.1, -0.05) is 23.2 Å². The lowest BCUT2D eigenvalue weighted by atomic mass is 10.1. The van der Waals surface area contributed by atoms with Crippen LogP contribution in [0.4, 0.5) is 5.69 Å². The van der Waals surface area contributed by atoms with Crippen LogP contribution >= 0.6 is 23.2 Å². The number of rotatable bonds is 4. The SMILES string of the molecule is O=C(Nc1ccc(-c2nnnn2C2CC2)cc1)c1ccc(Cl)cc1Cl. The summed E-state index contributed by atoms with van der Waals surface area (Å²) in [5.41, 5.74) is 1.93. The second-order valence-corrected chi connectivity index (χ2v) is 6.68. The summed E-state index contributed by atoms with van der Waals surface area (Å²) in [6, 6.07) is 12.5. The Balaban J connectivity index is 1.52. The van der Waals surface area contributed by atoms with E-state index in [-0.39, 0.29) is 5.91 Å². The molecule has 0 unspecified atom stereocenters. The molecule has 0 bridgehead atoms. The Morgan fingerprint density at radius 2 is 1.88 bits per heavy atom. The lowest BCUT2D eigenvalue weighted by Crippen LogP contribution is -2.12. The van der Waals surface area contributed by atoms with Crippen LogP contribution in [0.1, 0.15) is 29.2 Å². The van der Waals surface area contributed by atoms with Crippen molar-refractivity contribution in [1.29, 1.82) is 0 Å². The highest BCUT2D eigenvalue weighted by atomic mass is 35.5. The van der Waals surface area contributed by atoms with Gasteiger partial charge in [0.15, 0.2) is 5.82 Å². The summed E-state index contributed by atoms with van der Waals surface area (Å²) in [5, 5.41) is 15.5. The van der Waals surface area contributed by atoms with Crippen LogP contribution in [0.25, 0.3) is 11.4 Å². The fourth-order valence-electron chi connectivity index (χ4n) is 2.52. The van der Waals surface area contributed by atoms with Gasteiger partial charge in [-0.2, -0.15) is 0 Å². The van der Waals surface area contributed by atoms with E-state index in [1.54, 1.807) is 18.2 Å². The maximum atomic E-state index is 12.3. The van der Waals surface area contributed by atoms with Crippen LogP contribution in [-0.2, 0) is 0 Å². The summed E-state index contributed by atoms with van der Waals surface area (Å²) in [5.74, 6) is 0.443. The summed E-state index contributed by atoms with van der Waals surface area (Å²) < 4.78 is 1.85. The number of anilines is 1. The molecule has 1 saturated carbocycles. The standard InChI is InChI=1S/C17H13Cl2N5O/c18-11-3-8-14(15(19)9-11)17(25)20-12-4-1-10(2-5-12)16-21-22-23-24(16)13-6-7-13/h1-5,8-9,13H,6-7H2,(H,20,25). The van der Waals surface area contributed by atoms with Gasteiger partial charge in [-0.25, -0.2) is 4.68 Å². The van der Waals surface area contributed by atoms with Gasteiger partial charge in [-0.3, -0.25) is 4.79 Å². The van der Waals surface area contributed by atoms with Crippen molar-refractivity contribution >= 4 is 34.8 Å². The van der Waals surface area contributed by atoms with Crippen molar-refractivity contribution < 1.29 is 4.79 Å². The molecule has 0 radical (unpaired) electrons. The molecule has 1 heterocycles. The average Bonchev–Trinajstić information content (AvgIpc) is 3.32. The Bertz CT molecular complexity index is 934. The first kappa shape index (κ1) is 16.1. The van der Waals surface area contributed by atoms with Crippen molar-refractivity contribution in [3.63, 3.8) is 0 Å². The third-order valence-electron chi connectivity index (χ3n) is 3.96. The van der Waals surface area contributed by atoms with Gasteiger partial charge in [0.1, 0.15) is 0 Å². The Labute approximate surface area is 153 Å². The van der Waals surface area contributed by atoms with Gasteiger partial charge < -0.3 is 5.32 Å². The van der Waals surface area contributed by atoms with Crippen molar-refractivity contribution in [3.05, 3.63) is 58.1 Å². The van der Waals surface area contributed by atoms with E-state index in [2.05, 4.69) is 20.8 Å². The number of aromatic nitrogens is 4. The molecular weight excluding hydrogens is 361 g/mol. The molecule has 0 saturated heterocycles. The number of amides is 1. The number of hydrogen-bond donors (Lipinski definition) is 1. The molecule has 0 atom stereocenters. The van der Waals surface area contributed by atoms with Crippen molar-refractivity contribution in [1.82, 2.24) is 20.2 Å². The zero-order valence-corrected chi connectivity index (χ0v) is 14.5. The highest BCUT2D eigenvalue weighted by Crippen LogP contribution is 2.36. The Kier molecular flexibility index (Phi) is 4.15. The number of carbonyl (C=O) groups excluding carboxylic acids is 1. The molecule has 3 aromatic rings. The first-order chi connectivity index (χ1) is 12.1. The van der Waals surface area contributed by atoms with E-state index in [1.807, 2.05) is 28.9 Å². The molecule has 126 valence electrons. The summed E-state index contributed by atoms with van der Waals surface area (Å²) in [7, 11) is 0. The van der Waals surface area contributed by atoms with Crippen LogP contribution in [0, 0.1) is 0 Å². The first-order valence-corrected chi connectivity index (χ1v) is 8.52. The van der Waals surface area contributed by atoms with Gasteiger partial charge >= 0.3 is 0 Å². The first-order valence-electron chi connectivity index (χ1n) is 7.76. The number of hydrogen-bond acceptors (Lipinski definition) is 4. The van der Waals surface area contributed by atoms with E-state index in [1.165, 1.54) is 0 Å². The fourth-order valence-corrected chi connectivity index (χ4v) is 3.02. The predicted octanol–water partition coefficient (Wildman–Crippen LogP) is 4.23. The lowest BCUT2D eigenvalue weighted by Gasteiger charge is -2.08. The lowest BCUT2D eigenvalue weighted by molar-refractivity contribution is 0.102. The number of tetrazole rings is 1. The van der Waals surface area contributed by atoms with Crippen LogP contribution in [0.15, 0.2) is 42.5 Å². The maximum absolute atomic E-state index is 12.3. The highest BCUT2D eigenvalue weighted by molar-refractivity contribution is 6.37. The second kappa shape index (κ2) is 6.46. The average molecular weight is 374 g/mol. The van der Waals surface area contributed by atoms with Crippen LogP contribution in [-0.4, -0.2) is 26.1 Å². The molecule has 4 rings (SSSR count). The third kappa shape index (κ3) is 3.36. The number of halogens is 2. The molecule has 0 spiro atoms. The fraction of sp³-hybridized carbons (Fsp3) is 0.176. The summed E-state index contributed by atoms with van der Waals surface area (Å²) in [6.07, 6.45) is 2.21. The third-order valence-corrected chi connectivity index (χ3v) is 4.51. The van der Waals surface area contributed by atoms with E-state index >= 15 is 0 Å². The summed E-state index contributed by atoms with van der Waals surface area (Å²) >= 11 is 11.9. The number of carbonyl (C=O) groups is 1. The van der Waals surface area contributed by atoms with Gasteiger partial charge in [-0.05, 0) is 65.7 Å². The minimum absolute atomic E-state index is 0.294. The second-order valence-electron chi connectivity index (χ2n) is 5.83.